The van der Waals surface area contributed by atoms with Crippen LogP contribution in [0.2, 0.25) is 5.02 Å². The van der Waals surface area contributed by atoms with Crippen molar-refractivity contribution >= 4 is 27.4 Å². The highest BCUT2D eigenvalue weighted by Gasteiger charge is 2.24. The number of aliphatic hydroxyl groups excluding tert-OH is 1. The normalized spacial score (nSPS) is 11.4. The van der Waals surface area contributed by atoms with Gasteiger partial charge in [0.15, 0.2) is 11.6 Å². The van der Waals surface area contributed by atoms with Crippen molar-refractivity contribution in [2.75, 3.05) is 4.72 Å². The zero-order valence-corrected chi connectivity index (χ0v) is 11.9. The van der Waals surface area contributed by atoms with Crippen LogP contribution in [0.3, 0.4) is 0 Å². The molecule has 21 heavy (non-hydrogen) atoms. The summed E-state index contributed by atoms with van der Waals surface area (Å²) in [6, 6.07) is 4.39. The van der Waals surface area contributed by atoms with E-state index in [2.05, 4.69) is 4.98 Å². The third kappa shape index (κ3) is 3.12. The highest BCUT2D eigenvalue weighted by Crippen LogP contribution is 2.25. The summed E-state index contributed by atoms with van der Waals surface area (Å²) in [6.45, 7) is -0.967. The Labute approximate surface area is 124 Å². The maximum absolute atomic E-state index is 14.0. The van der Waals surface area contributed by atoms with Gasteiger partial charge in [-0.25, -0.2) is 22.2 Å². The lowest BCUT2D eigenvalue weighted by Gasteiger charge is -2.11. The first kappa shape index (κ1) is 15.6. The van der Waals surface area contributed by atoms with E-state index in [0.29, 0.717) is 0 Å². The molecule has 5 nitrogen and oxygen atoms in total. The van der Waals surface area contributed by atoms with Crippen molar-refractivity contribution in [2.24, 2.45) is 0 Å². The van der Waals surface area contributed by atoms with Crippen LogP contribution in [-0.2, 0) is 16.6 Å². The van der Waals surface area contributed by atoms with E-state index in [1.807, 2.05) is 4.72 Å². The fourth-order valence-electron chi connectivity index (χ4n) is 1.57. The molecule has 0 saturated heterocycles. The van der Waals surface area contributed by atoms with E-state index >= 15 is 0 Å². The Kier molecular flexibility index (Phi) is 4.40. The largest absolute Gasteiger partial charge is 0.391 e. The average molecular weight is 335 g/mol. The molecule has 0 atom stereocenters. The molecule has 2 N–H and O–H groups in total. The second-order valence-corrected chi connectivity index (χ2v) is 5.99. The van der Waals surface area contributed by atoms with Crippen LogP contribution in [0.1, 0.15) is 5.56 Å². The van der Waals surface area contributed by atoms with Crippen LogP contribution >= 0.6 is 11.6 Å². The quantitative estimate of drug-likeness (QED) is 0.899. The molecule has 2 aromatic rings. The van der Waals surface area contributed by atoms with Crippen molar-refractivity contribution in [1.82, 2.24) is 4.98 Å². The van der Waals surface area contributed by atoms with Crippen LogP contribution in [0.25, 0.3) is 0 Å². The molecule has 0 aliphatic rings. The van der Waals surface area contributed by atoms with Crippen LogP contribution < -0.4 is 4.72 Å². The second kappa shape index (κ2) is 5.92. The Balaban J connectivity index is 2.48. The van der Waals surface area contributed by atoms with Crippen molar-refractivity contribution in [3.05, 3.63) is 52.7 Å². The molecule has 1 heterocycles. The number of anilines is 1. The molecular weight excluding hydrogens is 326 g/mol. The first-order valence-corrected chi connectivity index (χ1v) is 7.44. The van der Waals surface area contributed by atoms with Gasteiger partial charge in [-0.2, -0.15) is 0 Å². The lowest BCUT2D eigenvalue weighted by atomic mass is 10.2. The van der Waals surface area contributed by atoms with Crippen molar-refractivity contribution in [3.8, 4) is 0 Å². The van der Waals surface area contributed by atoms with Crippen LogP contribution in [0.15, 0.2) is 35.4 Å². The van der Waals surface area contributed by atoms with Gasteiger partial charge in [0.1, 0.15) is 10.7 Å². The minimum Gasteiger partial charge on any atom is -0.391 e. The van der Waals surface area contributed by atoms with E-state index in [4.69, 9.17) is 16.7 Å². The molecule has 9 heteroatoms. The summed E-state index contributed by atoms with van der Waals surface area (Å²) in [7, 11) is -4.37. The molecule has 0 saturated carbocycles. The zero-order chi connectivity index (χ0) is 15.6. The van der Waals surface area contributed by atoms with Crippen LogP contribution in [0, 0.1) is 11.6 Å². The number of halogens is 3. The highest BCUT2D eigenvalue weighted by atomic mass is 35.5. The standard InChI is InChI=1S/C12H9ClF2N2O3S/c13-8-2-1-5-16-12(8)17-21(19,20)10-4-3-9(14)7(6-18)11(10)15/h1-5,18H,6H2,(H,16,17). The molecule has 1 aromatic carbocycles. The fraction of sp³-hybridized carbons (Fsp3) is 0.0833. The summed E-state index contributed by atoms with van der Waals surface area (Å²) < 4.78 is 53.4. The molecule has 112 valence electrons. The van der Waals surface area contributed by atoms with Crippen LogP contribution in [0.4, 0.5) is 14.6 Å². The molecule has 0 aliphatic heterocycles. The number of rotatable bonds is 4. The molecule has 0 spiro atoms. The van der Waals surface area contributed by atoms with Crippen LogP contribution in [0.5, 0.6) is 0 Å². The molecule has 0 radical (unpaired) electrons. The monoisotopic (exact) mass is 334 g/mol. The minimum absolute atomic E-state index is 0.0194. The maximum Gasteiger partial charge on any atom is 0.266 e. The molecular formula is C12H9ClF2N2O3S. The summed E-state index contributed by atoms with van der Waals surface area (Å²) in [4.78, 5) is 2.90. The zero-order valence-electron chi connectivity index (χ0n) is 10.3. The molecule has 0 aliphatic carbocycles. The van der Waals surface area contributed by atoms with Gasteiger partial charge in [0.2, 0.25) is 0 Å². The molecule has 1 aromatic heterocycles. The molecule has 0 amide bonds. The van der Waals surface area contributed by atoms with E-state index in [1.54, 1.807) is 0 Å². The number of aromatic nitrogens is 1. The molecule has 0 bridgehead atoms. The maximum atomic E-state index is 14.0. The Morgan fingerprint density at radius 3 is 2.62 bits per heavy atom. The van der Waals surface area contributed by atoms with E-state index in [9.17, 15) is 17.2 Å². The van der Waals surface area contributed by atoms with Gasteiger partial charge in [-0.15, -0.1) is 0 Å². The van der Waals surface area contributed by atoms with Crippen LogP contribution in [-0.4, -0.2) is 18.5 Å². The van der Waals surface area contributed by atoms with Gasteiger partial charge in [0.05, 0.1) is 17.2 Å². The smallest absolute Gasteiger partial charge is 0.266 e. The number of nitrogens with one attached hydrogen (secondary N) is 1. The average Bonchev–Trinajstić information content (AvgIpc) is 2.41. The topological polar surface area (TPSA) is 79.3 Å². The molecule has 0 unspecified atom stereocenters. The number of aliphatic hydroxyl groups is 1. The fourth-order valence-corrected chi connectivity index (χ4v) is 2.93. The molecule has 0 fully saturated rings. The predicted octanol–water partition coefficient (Wildman–Crippen LogP) is 2.31. The van der Waals surface area contributed by atoms with Gasteiger partial charge in [0.25, 0.3) is 10.0 Å². The molecule has 2 rings (SSSR count). The second-order valence-electron chi connectivity index (χ2n) is 3.94. The number of pyridine rings is 1. The van der Waals surface area contributed by atoms with Gasteiger partial charge in [-0.05, 0) is 24.3 Å². The summed E-state index contributed by atoms with van der Waals surface area (Å²) in [6.07, 6.45) is 1.30. The number of benzene rings is 1. The van der Waals surface area contributed by atoms with Crippen molar-refractivity contribution < 1.29 is 22.3 Å². The Morgan fingerprint density at radius 1 is 1.29 bits per heavy atom. The highest BCUT2D eigenvalue weighted by molar-refractivity contribution is 7.92. The Bertz CT molecular complexity index is 784. The van der Waals surface area contributed by atoms with Gasteiger partial charge in [-0.1, -0.05) is 11.6 Å². The third-order valence-electron chi connectivity index (χ3n) is 2.59. The summed E-state index contributed by atoms with van der Waals surface area (Å²) in [5.41, 5.74) is -0.731. The summed E-state index contributed by atoms with van der Waals surface area (Å²) >= 11 is 5.76. The van der Waals surface area contributed by atoms with E-state index < -0.39 is 38.7 Å². The van der Waals surface area contributed by atoms with E-state index in [1.165, 1.54) is 18.3 Å². The number of hydrogen-bond donors (Lipinski definition) is 2. The Morgan fingerprint density at radius 2 is 2.00 bits per heavy atom. The van der Waals surface area contributed by atoms with E-state index in [-0.39, 0.29) is 10.8 Å². The van der Waals surface area contributed by atoms with Gasteiger partial charge in [-0.3, -0.25) is 4.72 Å². The SMILES string of the molecule is O=S(=O)(Nc1ncccc1Cl)c1ccc(F)c(CO)c1F. The third-order valence-corrected chi connectivity index (χ3v) is 4.25. The number of sulfonamides is 1. The number of nitrogens with zero attached hydrogens (tertiary/aromatic N) is 1. The summed E-state index contributed by atoms with van der Waals surface area (Å²) in [5.74, 6) is -2.59. The Hall–Kier alpha value is -1.77. The van der Waals surface area contributed by atoms with Gasteiger partial charge >= 0.3 is 0 Å². The first-order chi connectivity index (χ1) is 9.86. The first-order valence-electron chi connectivity index (χ1n) is 5.58. The van der Waals surface area contributed by atoms with Crippen molar-refractivity contribution in [2.45, 2.75) is 11.5 Å². The van der Waals surface area contributed by atoms with E-state index in [0.717, 1.165) is 12.1 Å². The van der Waals surface area contributed by atoms with Crippen molar-refractivity contribution in [1.29, 1.82) is 0 Å². The predicted molar refractivity (Wildman–Crippen MR) is 72.3 cm³/mol. The summed E-state index contributed by atoms with van der Waals surface area (Å²) in [5, 5.41) is 8.91. The number of hydrogen-bond acceptors (Lipinski definition) is 4. The van der Waals surface area contributed by atoms with Gasteiger partial charge in [0, 0.05) is 6.20 Å². The lowest BCUT2D eigenvalue weighted by molar-refractivity contribution is 0.267. The minimum atomic E-state index is -4.37. The van der Waals surface area contributed by atoms with Crippen molar-refractivity contribution in [3.63, 3.8) is 0 Å². The van der Waals surface area contributed by atoms with Gasteiger partial charge < -0.3 is 5.11 Å². The lowest BCUT2D eigenvalue weighted by Crippen LogP contribution is -2.17.